The SMILES string of the molecule is COc1ccc(NS(=O)(=O)c2cc(N)ccc2F)cc1. The fourth-order valence-corrected chi connectivity index (χ4v) is 2.77. The van der Waals surface area contributed by atoms with Crippen LogP contribution in [0, 0.1) is 5.82 Å². The summed E-state index contributed by atoms with van der Waals surface area (Å²) in [6, 6.07) is 9.59. The van der Waals surface area contributed by atoms with Crippen molar-refractivity contribution in [2.75, 3.05) is 17.6 Å². The third kappa shape index (κ3) is 3.00. The molecule has 0 saturated heterocycles. The molecule has 0 aliphatic carbocycles. The molecule has 0 fully saturated rings. The van der Waals surface area contributed by atoms with Crippen LogP contribution in [0.25, 0.3) is 0 Å². The van der Waals surface area contributed by atoms with Gasteiger partial charge in [0, 0.05) is 11.4 Å². The Kier molecular flexibility index (Phi) is 3.80. The number of rotatable bonds is 4. The summed E-state index contributed by atoms with van der Waals surface area (Å²) >= 11 is 0. The zero-order valence-corrected chi connectivity index (χ0v) is 11.4. The summed E-state index contributed by atoms with van der Waals surface area (Å²) in [5, 5.41) is 0. The van der Waals surface area contributed by atoms with Gasteiger partial charge in [-0.1, -0.05) is 0 Å². The number of hydrogen-bond donors (Lipinski definition) is 2. The predicted molar refractivity (Wildman–Crippen MR) is 74.6 cm³/mol. The monoisotopic (exact) mass is 296 g/mol. The van der Waals surface area contributed by atoms with E-state index in [0.717, 1.165) is 12.1 Å². The first-order chi connectivity index (χ1) is 9.42. The molecule has 0 spiro atoms. The lowest BCUT2D eigenvalue weighted by Gasteiger charge is -2.10. The minimum absolute atomic E-state index is 0.168. The molecule has 0 heterocycles. The maximum atomic E-state index is 13.6. The highest BCUT2D eigenvalue weighted by atomic mass is 32.2. The van der Waals surface area contributed by atoms with E-state index in [0.29, 0.717) is 11.4 Å². The third-order valence-electron chi connectivity index (χ3n) is 2.59. The summed E-state index contributed by atoms with van der Waals surface area (Å²) in [7, 11) is -2.53. The number of nitrogen functional groups attached to an aromatic ring is 1. The summed E-state index contributed by atoms with van der Waals surface area (Å²) in [4.78, 5) is -0.492. The van der Waals surface area contributed by atoms with Gasteiger partial charge in [0.15, 0.2) is 0 Å². The maximum absolute atomic E-state index is 13.6. The summed E-state index contributed by atoms with van der Waals surface area (Å²) < 4.78 is 45.0. The molecule has 5 nitrogen and oxygen atoms in total. The van der Waals surface area contributed by atoms with Crippen LogP contribution in [0.3, 0.4) is 0 Å². The van der Waals surface area contributed by atoms with E-state index in [4.69, 9.17) is 10.5 Å². The molecule has 20 heavy (non-hydrogen) atoms. The van der Waals surface area contributed by atoms with Gasteiger partial charge >= 0.3 is 0 Å². The average molecular weight is 296 g/mol. The fourth-order valence-electron chi connectivity index (χ4n) is 1.60. The highest BCUT2D eigenvalue weighted by Crippen LogP contribution is 2.22. The molecular weight excluding hydrogens is 283 g/mol. The number of halogens is 1. The number of anilines is 2. The molecule has 0 aromatic heterocycles. The van der Waals surface area contributed by atoms with Crippen LogP contribution in [-0.4, -0.2) is 15.5 Å². The van der Waals surface area contributed by atoms with Crippen LogP contribution in [0.5, 0.6) is 5.75 Å². The molecule has 0 radical (unpaired) electrons. The molecule has 0 bridgehead atoms. The van der Waals surface area contributed by atoms with Crippen molar-refractivity contribution >= 4 is 21.4 Å². The fraction of sp³-hybridized carbons (Fsp3) is 0.0769. The summed E-state index contributed by atoms with van der Waals surface area (Å²) in [6.07, 6.45) is 0. The number of benzene rings is 2. The molecule has 7 heteroatoms. The van der Waals surface area contributed by atoms with E-state index < -0.39 is 20.7 Å². The molecule has 0 amide bonds. The zero-order valence-electron chi connectivity index (χ0n) is 10.6. The van der Waals surface area contributed by atoms with Gasteiger partial charge in [0.1, 0.15) is 16.5 Å². The van der Waals surface area contributed by atoms with Crippen molar-refractivity contribution in [2.45, 2.75) is 4.90 Å². The van der Waals surface area contributed by atoms with Crippen molar-refractivity contribution in [1.29, 1.82) is 0 Å². The van der Waals surface area contributed by atoms with Crippen LogP contribution in [-0.2, 0) is 10.0 Å². The van der Waals surface area contributed by atoms with Crippen molar-refractivity contribution in [3.8, 4) is 5.75 Å². The first-order valence-electron chi connectivity index (χ1n) is 5.64. The molecule has 2 aromatic carbocycles. The normalized spacial score (nSPS) is 11.1. The second-order valence-electron chi connectivity index (χ2n) is 4.02. The van der Waals surface area contributed by atoms with E-state index in [-0.39, 0.29) is 5.69 Å². The number of sulfonamides is 1. The molecule has 2 aromatic rings. The predicted octanol–water partition coefficient (Wildman–Crippen LogP) is 2.22. The second-order valence-corrected chi connectivity index (χ2v) is 5.67. The maximum Gasteiger partial charge on any atom is 0.264 e. The first-order valence-corrected chi connectivity index (χ1v) is 7.12. The molecule has 0 saturated carbocycles. The second kappa shape index (κ2) is 5.38. The Balaban J connectivity index is 2.32. The van der Waals surface area contributed by atoms with Gasteiger partial charge in [0.05, 0.1) is 7.11 Å². The van der Waals surface area contributed by atoms with Crippen molar-refractivity contribution in [2.24, 2.45) is 0 Å². The van der Waals surface area contributed by atoms with Gasteiger partial charge in [-0.25, -0.2) is 12.8 Å². The van der Waals surface area contributed by atoms with E-state index in [1.165, 1.54) is 25.3 Å². The largest absolute Gasteiger partial charge is 0.497 e. The minimum atomic E-state index is -4.03. The Morgan fingerprint density at radius 3 is 2.40 bits per heavy atom. The van der Waals surface area contributed by atoms with Crippen LogP contribution in [0.2, 0.25) is 0 Å². The lowest BCUT2D eigenvalue weighted by atomic mass is 10.3. The van der Waals surface area contributed by atoms with Crippen molar-refractivity contribution < 1.29 is 17.5 Å². The third-order valence-corrected chi connectivity index (χ3v) is 3.98. The lowest BCUT2D eigenvalue weighted by molar-refractivity contribution is 0.415. The van der Waals surface area contributed by atoms with Gasteiger partial charge in [-0.15, -0.1) is 0 Å². The number of nitrogens with one attached hydrogen (secondary N) is 1. The summed E-state index contributed by atoms with van der Waals surface area (Å²) in [5.74, 6) is -0.275. The molecule has 2 rings (SSSR count). The van der Waals surface area contributed by atoms with Gasteiger partial charge in [-0.3, -0.25) is 4.72 Å². The number of hydrogen-bond acceptors (Lipinski definition) is 4. The quantitative estimate of drug-likeness (QED) is 0.848. The first kappa shape index (κ1) is 14.1. The highest BCUT2D eigenvalue weighted by Gasteiger charge is 2.19. The van der Waals surface area contributed by atoms with Gasteiger partial charge in [0.25, 0.3) is 10.0 Å². The van der Waals surface area contributed by atoms with Gasteiger partial charge in [-0.2, -0.15) is 0 Å². The van der Waals surface area contributed by atoms with Crippen LogP contribution >= 0.6 is 0 Å². The van der Waals surface area contributed by atoms with Crippen molar-refractivity contribution in [1.82, 2.24) is 0 Å². The Hall–Kier alpha value is -2.28. The van der Waals surface area contributed by atoms with Gasteiger partial charge < -0.3 is 10.5 Å². The molecule has 0 unspecified atom stereocenters. The molecule has 0 aliphatic heterocycles. The standard InChI is InChI=1S/C13H13FN2O3S/c1-19-11-5-3-10(4-6-11)16-20(17,18)13-8-9(15)2-7-12(13)14/h2-8,16H,15H2,1H3. The van der Waals surface area contributed by atoms with Crippen molar-refractivity contribution in [3.05, 3.63) is 48.3 Å². The highest BCUT2D eigenvalue weighted by molar-refractivity contribution is 7.92. The van der Waals surface area contributed by atoms with E-state index >= 15 is 0 Å². The summed E-state index contributed by atoms with van der Waals surface area (Å²) in [6.45, 7) is 0. The summed E-state index contributed by atoms with van der Waals surface area (Å²) in [5.41, 5.74) is 5.95. The van der Waals surface area contributed by atoms with Crippen LogP contribution in [0.1, 0.15) is 0 Å². The van der Waals surface area contributed by atoms with E-state index in [1.807, 2.05) is 0 Å². The van der Waals surface area contributed by atoms with E-state index in [9.17, 15) is 12.8 Å². The lowest BCUT2D eigenvalue weighted by Crippen LogP contribution is -2.14. The Morgan fingerprint density at radius 2 is 1.80 bits per heavy atom. The number of nitrogens with two attached hydrogens (primary N) is 1. The Labute approximate surface area is 116 Å². The molecule has 106 valence electrons. The topological polar surface area (TPSA) is 81.4 Å². The Bertz CT molecular complexity index is 715. The van der Waals surface area contributed by atoms with Crippen molar-refractivity contribution in [3.63, 3.8) is 0 Å². The van der Waals surface area contributed by atoms with Crippen LogP contribution in [0.15, 0.2) is 47.4 Å². The zero-order chi connectivity index (χ0) is 14.8. The molecule has 0 atom stereocenters. The van der Waals surface area contributed by atoms with Gasteiger partial charge in [0.2, 0.25) is 0 Å². The number of ether oxygens (including phenoxy) is 1. The van der Waals surface area contributed by atoms with Crippen LogP contribution in [0.4, 0.5) is 15.8 Å². The Morgan fingerprint density at radius 1 is 1.15 bits per heavy atom. The van der Waals surface area contributed by atoms with E-state index in [1.54, 1.807) is 12.1 Å². The van der Waals surface area contributed by atoms with E-state index in [2.05, 4.69) is 4.72 Å². The smallest absolute Gasteiger partial charge is 0.264 e. The average Bonchev–Trinajstić information content (AvgIpc) is 2.42. The number of methoxy groups -OCH3 is 1. The molecule has 0 aliphatic rings. The van der Waals surface area contributed by atoms with Crippen LogP contribution < -0.4 is 15.2 Å². The van der Waals surface area contributed by atoms with Gasteiger partial charge in [-0.05, 0) is 42.5 Å². The minimum Gasteiger partial charge on any atom is -0.497 e. The molecular formula is C13H13FN2O3S. The molecule has 3 N–H and O–H groups in total.